The largest absolute Gasteiger partial charge is 0.399 e. The molecule has 0 spiro atoms. The third kappa shape index (κ3) is 2.05. The third-order valence-electron chi connectivity index (χ3n) is 3.64. The number of imidazole rings is 1. The van der Waals surface area contributed by atoms with E-state index < -0.39 is 0 Å². The van der Waals surface area contributed by atoms with Crippen LogP contribution in [0.4, 0.5) is 5.69 Å². The summed E-state index contributed by atoms with van der Waals surface area (Å²) in [5.41, 5.74) is 7.30. The fraction of sp³-hybridized carbons (Fsp3) is 0.429. The summed E-state index contributed by atoms with van der Waals surface area (Å²) in [4.78, 5) is 24.7. The average Bonchev–Trinajstić information content (AvgIpc) is 2.63. The number of anilines is 1. The Morgan fingerprint density at radius 3 is 2.47 bits per heavy atom. The van der Waals surface area contributed by atoms with Gasteiger partial charge in [0.15, 0.2) is 0 Å². The molecule has 2 aromatic rings. The number of rotatable bonds is 3. The number of aromatic nitrogens is 2. The van der Waals surface area contributed by atoms with Crippen LogP contribution >= 0.6 is 0 Å². The molecule has 0 aliphatic carbocycles. The van der Waals surface area contributed by atoms with Crippen LogP contribution in [0.25, 0.3) is 11.0 Å². The van der Waals surface area contributed by atoms with Crippen molar-refractivity contribution in [3.8, 4) is 0 Å². The van der Waals surface area contributed by atoms with Gasteiger partial charge in [-0.15, -0.1) is 0 Å². The van der Waals surface area contributed by atoms with E-state index in [0.29, 0.717) is 11.2 Å². The topological polar surface area (TPSA) is 70.0 Å². The van der Waals surface area contributed by atoms with Crippen LogP contribution in [-0.2, 0) is 7.05 Å². The van der Waals surface area contributed by atoms with E-state index >= 15 is 0 Å². The molecule has 0 amide bonds. The molecule has 1 heterocycles. The van der Waals surface area contributed by atoms with E-state index in [0.717, 1.165) is 18.4 Å². The second-order valence-electron chi connectivity index (χ2n) is 4.78. The fourth-order valence-corrected chi connectivity index (χ4v) is 2.39. The molecule has 0 fully saturated rings. The Kier molecular flexibility index (Phi) is 3.46. The zero-order chi connectivity index (χ0) is 14.2. The van der Waals surface area contributed by atoms with Crippen LogP contribution in [0, 0.1) is 5.92 Å². The first kappa shape index (κ1) is 13.4. The SMILES string of the molecule is CCC(CC)C(=O)n1c(=O)n(C)c2ccc(N)cc21. The van der Waals surface area contributed by atoms with Gasteiger partial charge in [-0.2, -0.15) is 0 Å². The van der Waals surface area contributed by atoms with Crippen molar-refractivity contribution in [2.45, 2.75) is 26.7 Å². The van der Waals surface area contributed by atoms with Gasteiger partial charge in [0.1, 0.15) is 0 Å². The van der Waals surface area contributed by atoms with Crippen LogP contribution in [0.3, 0.4) is 0 Å². The number of nitrogens with two attached hydrogens (primary N) is 1. The van der Waals surface area contributed by atoms with Crippen molar-refractivity contribution < 1.29 is 4.79 Å². The summed E-state index contributed by atoms with van der Waals surface area (Å²) in [5.74, 6) is -0.282. The standard InChI is InChI=1S/C14H19N3O2/c1-4-9(5-2)13(18)17-12-8-10(15)6-7-11(12)16(3)14(17)19/h6-9H,4-5,15H2,1-3H3. The predicted molar refractivity (Wildman–Crippen MR) is 76.3 cm³/mol. The molecular formula is C14H19N3O2. The van der Waals surface area contributed by atoms with Crippen molar-refractivity contribution in [3.05, 3.63) is 28.7 Å². The van der Waals surface area contributed by atoms with E-state index in [1.165, 1.54) is 9.13 Å². The highest BCUT2D eigenvalue weighted by Crippen LogP contribution is 2.19. The van der Waals surface area contributed by atoms with Crippen molar-refractivity contribution >= 4 is 22.6 Å². The zero-order valence-corrected chi connectivity index (χ0v) is 11.5. The normalized spacial score (nSPS) is 11.4. The van der Waals surface area contributed by atoms with Gasteiger partial charge < -0.3 is 5.73 Å². The van der Waals surface area contributed by atoms with Crippen molar-refractivity contribution in [3.63, 3.8) is 0 Å². The number of aryl methyl sites for hydroxylation is 1. The quantitative estimate of drug-likeness (QED) is 0.859. The molecule has 0 saturated heterocycles. The molecule has 19 heavy (non-hydrogen) atoms. The summed E-state index contributed by atoms with van der Waals surface area (Å²) in [6.45, 7) is 3.91. The predicted octanol–water partition coefficient (Wildman–Crippen LogP) is 2.00. The number of carbonyl (C=O) groups excluding carboxylic acids is 1. The molecule has 0 bridgehead atoms. The minimum atomic E-state index is -0.308. The van der Waals surface area contributed by atoms with E-state index in [1.54, 1.807) is 25.2 Å². The molecule has 1 aromatic carbocycles. The van der Waals surface area contributed by atoms with Gasteiger partial charge in [0.25, 0.3) is 0 Å². The molecule has 0 unspecified atom stereocenters. The Hall–Kier alpha value is -2.04. The van der Waals surface area contributed by atoms with Crippen LogP contribution in [0.1, 0.15) is 31.5 Å². The number of hydrogen-bond donors (Lipinski definition) is 1. The molecule has 2 N–H and O–H groups in total. The Balaban J connectivity index is 2.72. The van der Waals surface area contributed by atoms with Crippen LogP contribution in [0.15, 0.2) is 23.0 Å². The Bertz CT molecular complexity index is 678. The maximum Gasteiger partial charge on any atom is 0.335 e. The first-order chi connectivity index (χ1) is 9.01. The summed E-state index contributed by atoms with van der Waals surface area (Å²) in [7, 11) is 1.66. The maximum atomic E-state index is 12.5. The lowest BCUT2D eigenvalue weighted by molar-refractivity contribution is 0.0827. The third-order valence-corrected chi connectivity index (χ3v) is 3.64. The highest BCUT2D eigenvalue weighted by atomic mass is 16.2. The van der Waals surface area contributed by atoms with Crippen molar-refractivity contribution in [2.24, 2.45) is 13.0 Å². The van der Waals surface area contributed by atoms with E-state index in [-0.39, 0.29) is 17.5 Å². The molecule has 5 heteroatoms. The monoisotopic (exact) mass is 261 g/mol. The molecule has 0 saturated carbocycles. The number of carbonyl (C=O) groups is 1. The fourth-order valence-electron chi connectivity index (χ4n) is 2.39. The van der Waals surface area contributed by atoms with Crippen LogP contribution in [0.5, 0.6) is 0 Å². The molecule has 5 nitrogen and oxygen atoms in total. The first-order valence-electron chi connectivity index (χ1n) is 6.52. The summed E-state index contributed by atoms with van der Waals surface area (Å²) in [5, 5.41) is 0. The lowest BCUT2D eigenvalue weighted by Gasteiger charge is -2.11. The maximum absolute atomic E-state index is 12.5. The summed E-state index contributed by atoms with van der Waals surface area (Å²) >= 11 is 0. The van der Waals surface area contributed by atoms with Gasteiger partial charge in [-0.05, 0) is 31.0 Å². The van der Waals surface area contributed by atoms with Crippen LogP contribution in [-0.4, -0.2) is 15.0 Å². The van der Waals surface area contributed by atoms with Gasteiger partial charge in [-0.3, -0.25) is 9.36 Å². The molecule has 102 valence electrons. The number of fused-ring (bicyclic) bond motifs is 1. The number of benzene rings is 1. The molecular weight excluding hydrogens is 242 g/mol. The van der Waals surface area contributed by atoms with Crippen molar-refractivity contribution in [1.29, 1.82) is 0 Å². The van der Waals surface area contributed by atoms with Gasteiger partial charge >= 0.3 is 5.69 Å². The van der Waals surface area contributed by atoms with Crippen LogP contribution < -0.4 is 11.4 Å². The Morgan fingerprint density at radius 2 is 1.89 bits per heavy atom. The number of nitrogen functional groups attached to an aromatic ring is 1. The van der Waals surface area contributed by atoms with Gasteiger partial charge in [0, 0.05) is 18.7 Å². The molecule has 0 aliphatic heterocycles. The van der Waals surface area contributed by atoms with Crippen molar-refractivity contribution in [1.82, 2.24) is 9.13 Å². The molecule has 0 atom stereocenters. The lowest BCUT2D eigenvalue weighted by atomic mass is 10.0. The molecule has 0 radical (unpaired) electrons. The summed E-state index contributed by atoms with van der Waals surface area (Å²) < 4.78 is 2.73. The van der Waals surface area contributed by atoms with Crippen molar-refractivity contribution in [2.75, 3.05) is 5.73 Å². The Labute approximate surface area is 111 Å². The first-order valence-corrected chi connectivity index (χ1v) is 6.52. The molecule has 1 aromatic heterocycles. The Morgan fingerprint density at radius 1 is 1.26 bits per heavy atom. The minimum Gasteiger partial charge on any atom is -0.399 e. The second kappa shape index (κ2) is 4.91. The lowest BCUT2D eigenvalue weighted by Crippen LogP contribution is -2.32. The van der Waals surface area contributed by atoms with E-state index in [1.807, 2.05) is 13.8 Å². The highest BCUT2D eigenvalue weighted by Gasteiger charge is 2.22. The number of nitrogens with zero attached hydrogens (tertiary/aromatic N) is 2. The van der Waals surface area contributed by atoms with Gasteiger partial charge in [-0.1, -0.05) is 13.8 Å². The van der Waals surface area contributed by atoms with E-state index in [2.05, 4.69) is 0 Å². The number of hydrogen-bond acceptors (Lipinski definition) is 3. The zero-order valence-electron chi connectivity index (χ0n) is 11.5. The highest BCUT2D eigenvalue weighted by molar-refractivity contribution is 5.92. The van der Waals surface area contributed by atoms with E-state index in [4.69, 9.17) is 5.73 Å². The van der Waals surface area contributed by atoms with Gasteiger partial charge in [0.2, 0.25) is 5.91 Å². The second-order valence-corrected chi connectivity index (χ2v) is 4.78. The van der Waals surface area contributed by atoms with Gasteiger partial charge in [0.05, 0.1) is 11.0 Å². The smallest absolute Gasteiger partial charge is 0.335 e. The van der Waals surface area contributed by atoms with E-state index in [9.17, 15) is 9.59 Å². The summed E-state index contributed by atoms with van der Waals surface area (Å²) in [6.07, 6.45) is 1.45. The van der Waals surface area contributed by atoms with Gasteiger partial charge in [-0.25, -0.2) is 9.36 Å². The average molecular weight is 261 g/mol. The summed E-state index contributed by atoms with van der Waals surface area (Å²) in [6, 6.07) is 5.17. The van der Waals surface area contributed by atoms with Crippen LogP contribution in [0.2, 0.25) is 0 Å². The molecule has 0 aliphatic rings. The minimum absolute atomic E-state index is 0.135. The molecule has 2 rings (SSSR count).